The first kappa shape index (κ1) is 16.8. The number of hydrogen-bond donors (Lipinski definition) is 2. The maximum Gasteiger partial charge on any atom is 0.134 e. The van der Waals surface area contributed by atoms with Crippen molar-refractivity contribution in [2.75, 3.05) is 49.5 Å². The van der Waals surface area contributed by atoms with E-state index in [1.54, 1.807) is 6.33 Å². The van der Waals surface area contributed by atoms with E-state index in [0.29, 0.717) is 0 Å². The minimum Gasteiger partial charge on any atom is -0.370 e. The van der Waals surface area contributed by atoms with E-state index in [2.05, 4.69) is 73.5 Å². The molecule has 0 amide bonds. The lowest BCUT2D eigenvalue weighted by Crippen LogP contribution is -2.46. The number of anilines is 2. The van der Waals surface area contributed by atoms with Crippen LogP contribution < -0.4 is 10.2 Å². The first-order valence-corrected chi connectivity index (χ1v) is 9.41. The van der Waals surface area contributed by atoms with Gasteiger partial charge in [0.2, 0.25) is 0 Å². The summed E-state index contributed by atoms with van der Waals surface area (Å²) in [6.07, 6.45) is 4.72. The fourth-order valence-electron chi connectivity index (χ4n) is 3.57. The second kappa shape index (κ2) is 7.74. The zero-order valence-corrected chi connectivity index (χ0v) is 15.3. The van der Waals surface area contributed by atoms with Crippen LogP contribution in [0.25, 0.3) is 10.9 Å². The third-order valence-electron chi connectivity index (χ3n) is 5.17. The molecule has 0 aliphatic carbocycles. The lowest BCUT2D eigenvalue weighted by molar-refractivity contribution is 0.270. The molecule has 2 N–H and O–H groups in total. The van der Waals surface area contributed by atoms with E-state index in [-0.39, 0.29) is 0 Å². The minimum absolute atomic E-state index is 0.849. The standard InChI is InChI=1S/C20H26N6/c1-2-25-9-11-26(12-10-25)20-13-19(23-15-24-20)21-8-7-16-14-22-18-6-4-3-5-17(16)18/h3-6,13-15,22H,2,7-12H2,1H3,(H,21,23,24). The van der Waals surface area contributed by atoms with Gasteiger partial charge < -0.3 is 20.1 Å². The Balaban J connectivity index is 1.35. The molecule has 1 fully saturated rings. The van der Waals surface area contributed by atoms with Crippen molar-refractivity contribution in [3.05, 3.63) is 48.4 Å². The van der Waals surface area contributed by atoms with Crippen molar-refractivity contribution in [2.45, 2.75) is 13.3 Å². The van der Waals surface area contributed by atoms with Crippen LogP contribution in [0.3, 0.4) is 0 Å². The average molecular weight is 350 g/mol. The molecular weight excluding hydrogens is 324 g/mol. The number of benzene rings is 1. The van der Waals surface area contributed by atoms with Crippen LogP contribution in [0, 0.1) is 0 Å². The molecule has 3 heterocycles. The van der Waals surface area contributed by atoms with E-state index in [1.165, 1.54) is 16.5 Å². The van der Waals surface area contributed by atoms with Crippen molar-refractivity contribution in [1.29, 1.82) is 0 Å². The molecule has 0 saturated carbocycles. The molecule has 1 aromatic carbocycles. The molecule has 0 spiro atoms. The molecule has 0 unspecified atom stereocenters. The van der Waals surface area contributed by atoms with Gasteiger partial charge in [0.25, 0.3) is 0 Å². The van der Waals surface area contributed by atoms with E-state index in [4.69, 9.17) is 0 Å². The predicted octanol–water partition coefficient (Wildman–Crippen LogP) is 2.75. The van der Waals surface area contributed by atoms with Crippen LogP contribution in [0.1, 0.15) is 12.5 Å². The largest absolute Gasteiger partial charge is 0.370 e. The van der Waals surface area contributed by atoms with Crippen molar-refractivity contribution < 1.29 is 0 Å². The summed E-state index contributed by atoms with van der Waals surface area (Å²) in [5.41, 5.74) is 2.52. The molecule has 6 nitrogen and oxygen atoms in total. The van der Waals surface area contributed by atoms with Gasteiger partial charge in [0.05, 0.1) is 0 Å². The summed E-state index contributed by atoms with van der Waals surface area (Å²) in [4.78, 5) is 17.0. The molecule has 3 aromatic rings. The van der Waals surface area contributed by atoms with E-state index < -0.39 is 0 Å². The SMILES string of the molecule is CCN1CCN(c2cc(NCCc3c[nH]c4ccccc34)ncn2)CC1. The number of hydrogen-bond acceptors (Lipinski definition) is 5. The third-order valence-corrected chi connectivity index (χ3v) is 5.17. The minimum atomic E-state index is 0.849. The average Bonchev–Trinajstić information content (AvgIpc) is 3.12. The Morgan fingerprint density at radius 3 is 2.81 bits per heavy atom. The van der Waals surface area contributed by atoms with E-state index >= 15 is 0 Å². The maximum atomic E-state index is 4.46. The Kier molecular flexibility index (Phi) is 5.02. The monoisotopic (exact) mass is 350 g/mol. The molecular formula is C20H26N6. The first-order valence-electron chi connectivity index (χ1n) is 9.41. The zero-order chi connectivity index (χ0) is 17.8. The van der Waals surface area contributed by atoms with Gasteiger partial charge >= 0.3 is 0 Å². The topological polar surface area (TPSA) is 60.1 Å². The smallest absolute Gasteiger partial charge is 0.134 e. The predicted molar refractivity (Wildman–Crippen MR) is 107 cm³/mol. The van der Waals surface area contributed by atoms with Crippen molar-refractivity contribution in [3.8, 4) is 0 Å². The van der Waals surface area contributed by atoms with Crippen LogP contribution in [0.2, 0.25) is 0 Å². The molecule has 2 aromatic heterocycles. The van der Waals surface area contributed by atoms with Gasteiger partial charge in [0.15, 0.2) is 0 Å². The zero-order valence-electron chi connectivity index (χ0n) is 15.3. The van der Waals surface area contributed by atoms with Gasteiger partial charge in [0.1, 0.15) is 18.0 Å². The van der Waals surface area contributed by atoms with Gasteiger partial charge in [0, 0.05) is 55.9 Å². The number of aromatic nitrogens is 3. The van der Waals surface area contributed by atoms with Gasteiger partial charge in [-0.2, -0.15) is 0 Å². The Morgan fingerprint density at radius 1 is 1.12 bits per heavy atom. The van der Waals surface area contributed by atoms with Crippen LogP contribution in [0.15, 0.2) is 42.9 Å². The molecule has 4 rings (SSSR count). The van der Waals surface area contributed by atoms with Crippen molar-refractivity contribution in [2.24, 2.45) is 0 Å². The highest BCUT2D eigenvalue weighted by Gasteiger charge is 2.17. The molecule has 1 aliphatic rings. The van der Waals surface area contributed by atoms with Crippen molar-refractivity contribution in [3.63, 3.8) is 0 Å². The van der Waals surface area contributed by atoms with Crippen LogP contribution in [0.5, 0.6) is 0 Å². The highest BCUT2D eigenvalue weighted by atomic mass is 15.3. The summed E-state index contributed by atoms with van der Waals surface area (Å²) in [5, 5.41) is 4.74. The molecule has 1 aliphatic heterocycles. The number of rotatable bonds is 6. The third kappa shape index (κ3) is 3.65. The van der Waals surface area contributed by atoms with Crippen LogP contribution in [-0.2, 0) is 6.42 Å². The summed E-state index contributed by atoms with van der Waals surface area (Å²) >= 11 is 0. The molecule has 1 saturated heterocycles. The Hall–Kier alpha value is -2.60. The van der Waals surface area contributed by atoms with E-state index in [0.717, 1.165) is 57.3 Å². The Labute approximate surface area is 154 Å². The summed E-state index contributed by atoms with van der Waals surface area (Å²) in [6.45, 7) is 8.45. The number of nitrogens with one attached hydrogen (secondary N) is 2. The molecule has 0 bridgehead atoms. The number of para-hydroxylation sites is 1. The summed E-state index contributed by atoms with van der Waals surface area (Å²) < 4.78 is 0. The quantitative estimate of drug-likeness (QED) is 0.716. The molecule has 6 heteroatoms. The van der Waals surface area contributed by atoms with Crippen LogP contribution in [-0.4, -0.2) is 59.1 Å². The number of likely N-dealkylation sites (N-methyl/N-ethyl adjacent to an activating group) is 1. The van der Waals surface area contributed by atoms with E-state index in [9.17, 15) is 0 Å². The Morgan fingerprint density at radius 2 is 1.96 bits per heavy atom. The summed E-state index contributed by atoms with van der Waals surface area (Å²) in [7, 11) is 0. The number of piperazine rings is 1. The maximum absolute atomic E-state index is 4.46. The van der Waals surface area contributed by atoms with E-state index in [1.807, 2.05) is 0 Å². The van der Waals surface area contributed by atoms with Gasteiger partial charge in [-0.15, -0.1) is 0 Å². The molecule has 26 heavy (non-hydrogen) atoms. The van der Waals surface area contributed by atoms with Crippen LogP contribution >= 0.6 is 0 Å². The number of H-pyrrole nitrogens is 1. The highest BCUT2D eigenvalue weighted by Crippen LogP contribution is 2.19. The fourth-order valence-corrected chi connectivity index (χ4v) is 3.57. The van der Waals surface area contributed by atoms with Gasteiger partial charge in [-0.05, 0) is 24.6 Å². The van der Waals surface area contributed by atoms with Gasteiger partial charge in [-0.25, -0.2) is 9.97 Å². The second-order valence-corrected chi connectivity index (χ2v) is 6.72. The number of fused-ring (bicyclic) bond motifs is 1. The second-order valence-electron chi connectivity index (χ2n) is 6.72. The molecule has 136 valence electrons. The van der Waals surface area contributed by atoms with Gasteiger partial charge in [-0.3, -0.25) is 0 Å². The summed E-state index contributed by atoms with van der Waals surface area (Å²) in [5.74, 6) is 1.91. The first-order chi connectivity index (χ1) is 12.8. The van der Waals surface area contributed by atoms with Gasteiger partial charge in [-0.1, -0.05) is 25.1 Å². The Bertz CT molecular complexity index is 850. The fraction of sp³-hybridized carbons (Fsp3) is 0.400. The van der Waals surface area contributed by atoms with Crippen LogP contribution in [0.4, 0.5) is 11.6 Å². The van der Waals surface area contributed by atoms with Crippen molar-refractivity contribution in [1.82, 2.24) is 19.9 Å². The highest BCUT2D eigenvalue weighted by molar-refractivity contribution is 5.83. The molecule has 0 atom stereocenters. The lowest BCUT2D eigenvalue weighted by atomic mass is 10.1. The number of aromatic amines is 1. The summed E-state index contributed by atoms with van der Waals surface area (Å²) in [6, 6.07) is 10.5. The van der Waals surface area contributed by atoms with Crippen molar-refractivity contribution >= 4 is 22.5 Å². The number of nitrogens with zero attached hydrogens (tertiary/aromatic N) is 4. The normalized spacial score (nSPS) is 15.5. The lowest BCUT2D eigenvalue weighted by Gasteiger charge is -2.34. The molecule has 0 radical (unpaired) electrons.